The highest BCUT2D eigenvalue weighted by Crippen LogP contribution is 2.23. The molecule has 0 saturated carbocycles. The first-order valence-corrected chi connectivity index (χ1v) is 7.36. The van der Waals surface area contributed by atoms with Crippen molar-refractivity contribution < 1.29 is 9.59 Å². The molecule has 5 nitrogen and oxygen atoms in total. The Morgan fingerprint density at radius 1 is 1.17 bits per heavy atom. The van der Waals surface area contributed by atoms with Crippen molar-refractivity contribution in [2.24, 2.45) is 0 Å². The van der Waals surface area contributed by atoms with E-state index in [2.05, 4.69) is 0 Å². The Bertz CT molecular complexity index is 915. The van der Waals surface area contributed by atoms with E-state index in [1.807, 2.05) is 6.07 Å². The van der Waals surface area contributed by atoms with Crippen molar-refractivity contribution in [3.63, 3.8) is 0 Å². The second kappa shape index (κ2) is 5.65. The molecule has 3 rings (SSSR count). The van der Waals surface area contributed by atoms with E-state index < -0.39 is 5.56 Å². The van der Waals surface area contributed by atoms with E-state index in [1.54, 1.807) is 24.3 Å². The van der Waals surface area contributed by atoms with Crippen LogP contribution in [0.2, 0.25) is 0 Å². The third-order valence-corrected chi connectivity index (χ3v) is 4.07. The molecule has 1 aromatic heterocycles. The van der Waals surface area contributed by atoms with Crippen LogP contribution >= 0.6 is 0 Å². The van der Waals surface area contributed by atoms with Gasteiger partial charge in [-0.05, 0) is 50.1 Å². The lowest BCUT2D eigenvalue weighted by Crippen LogP contribution is -2.29. The molecule has 0 unspecified atom stereocenters. The number of nitrogens with zero attached hydrogens (tertiary/aromatic N) is 2. The van der Waals surface area contributed by atoms with E-state index in [4.69, 9.17) is 0 Å². The molecule has 0 aliphatic heterocycles. The molecular formula is C18H14N2O3. The fourth-order valence-corrected chi connectivity index (χ4v) is 2.89. The summed E-state index contributed by atoms with van der Waals surface area (Å²) in [6, 6.07) is 9.88. The molecule has 0 saturated heterocycles. The van der Waals surface area contributed by atoms with Gasteiger partial charge >= 0.3 is 0 Å². The summed E-state index contributed by atoms with van der Waals surface area (Å²) in [5, 5.41) is 9.18. The summed E-state index contributed by atoms with van der Waals surface area (Å²) >= 11 is 0. The summed E-state index contributed by atoms with van der Waals surface area (Å²) in [5.41, 5.74) is 1.71. The van der Waals surface area contributed by atoms with E-state index in [0.717, 1.165) is 0 Å². The zero-order chi connectivity index (χ0) is 16.6. The van der Waals surface area contributed by atoms with Crippen LogP contribution in [0.5, 0.6) is 0 Å². The molecule has 2 aromatic rings. The molecule has 0 radical (unpaired) electrons. The fraction of sp³-hybridized carbons (Fsp3) is 0.222. The lowest BCUT2D eigenvalue weighted by Gasteiger charge is -2.20. The van der Waals surface area contributed by atoms with Crippen LogP contribution in [-0.2, 0) is 6.42 Å². The highest BCUT2D eigenvalue weighted by atomic mass is 16.1. The number of fused-ring (bicyclic) bond motifs is 1. The van der Waals surface area contributed by atoms with Crippen molar-refractivity contribution >= 4 is 11.6 Å². The van der Waals surface area contributed by atoms with Crippen LogP contribution in [-0.4, -0.2) is 16.1 Å². The molecule has 114 valence electrons. The zero-order valence-corrected chi connectivity index (χ0v) is 12.6. The monoisotopic (exact) mass is 306 g/mol. The van der Waals surface area contributed by atoms with E-state index in [1.165, 1.54) is 17.6 Å². The van der Waals surface area contributed by atoms with Gasteiger partial charge in [0.1, 0.15) is 11.6 Å². The van der Waals surface area contributed by atoms with Gasteiger partial charge in [-0.1, -0.05) is 0 Å². The number of carbonyl (C=O) groups excluding carboxylic acids is 2. The van der Waals surface area contributed by atoms with Crippen molar-refractivity contribution in [3.05, 3.63) is 63.1 Å². The molecule has 1 heterocycles. The third-order valence-electron chi connectivity index (χ3n) is 4.07. The molecule has 0 atom stereocenters. The maximum absolute atomic E-state index is 12.6. The number of ketones is 2. The lowest BCUT2D eigenvalue weighted by molar-refractivity contribution is 0.0969. The Balaban J connectivity index is 2.28. The van der Waals surface area contributed by atoms with E-state index in [0.29, 0.717) is 41.8 Å². The number of carbonyl (C=O) groups is 2. The van der Waals surface area contributed by atoms with Gasteiger partial charge in [-0.25, -0.2) is 0 Å². The van der Waals surface area contributed by atoms with Crippen LogP contribution in [0, 0.1) is 11.3 Å². The van der Waals surface area contributed by atoms with Crippen LogP contribution < -0.4 is 5.56 Å². The van der Waals surface area contributed by atoms with Gasteiger partial charge in [-0.15, -0.1) is 0 Å². The van der Waals surface area contributed by atoms with Gasteiger partial charge in [-0.2, -0.15) is 5.26 Å². The highest BCUT2D eigenvalue weighted by molar-refractivity contribution is 5.98. The number of Topliss-reactive ketones (excluding diaryl/α,β-unsaturated/α-hetero) is 2. The summed E-state index contributed by atoms with van der Waals surface area (Å²) in [6.45, 7) is 1.47. The topological polar surface area (TPSA) is 79.9 Å². The smallest absolute Gasteiger partial charge is 0.273 e. The second-order valence-electron chi connectivity index (χ2n) is 5.55. The van der Waals surface area contributed by atoms with Crippen molar-refractivity contribution in [1.29, 1.82) is 5.26 Å². The van der Waals surface area contributed by atoms with E-state index in [9.17, 15) is 19.6 Å². The largest absolute Gasteiger partial charge is 0.295 e. The molecule has 23 heavy (non-hydrogen) atoms. The minimum absolute atomic E-state index is 0.0446. The first-order valence-electron chi connectivity index (χ1n) is 7.36. The van der Waals surface area contributed by atoms with Gasteiger partial charge in [0, 0.05) is 28.9 Å². The number of pyridine rings is 1. The maximum atomic E-state index is 12.6. The Morgan fingerprint density at radius 3 is 2.48 bits per heavy atom. The number of benzene rings is 1. The summed E-state index contributed by atoms with van der Waals surface area (Å²) < 4.78 is 1.43. The molecule has 1 aliphatic rings. The number of hydrogen-bond donors (Lipinski definition) is 0. The Labute approximate surface area is 132 Å². The highest BCUT2D eigenvalue weighted by Gasteiger charge is 2.23. The minimum atomic E-state index is -0.434. The Morgan fingerprint density at radius 2 is 1.87 bits per heavy atom. The van der Waals surface area contributed by atoms with Gasteiger partial charge < -0.3 is 0 Å². The van der Waals surface area contributed by atoms with Crippen LogP contribution in [0.4, 0.5) is 0 Å². The maximum Gasteiger partial charge on any atom is 0.273 e. The summed E-state index contributed by atoms with van der Waals surface area (Å²) in [5.74, 6) is -0.108. The first kappa shape index (κ1) is 14.9. The lowest BCUT2D eigenvalue weighted by atomic mass is 9.93. The van der Waals surface area contributed by atoms with Gasteiger partial charge in [0.15, 0.2) is 11.6 Å². The predicted octanol–water partition coefficient (Wildman–Crippen LogP) is 2.43. The number of aromatic nitrogens is 1. The van der Waals surface area contributed by atoms with Crippen molar-refractivity contribution in [2.45, 2.75) is 26.2 Å². The third kappa shape index (κ3) is 2.49. The van der Waals surface area contributed by atoms with E-state index >= 15 is 0 Å². The van der Waals surface area contributed by atoms with Gasteiger partial charge in [0.2, 0.25) is 0 Å². The quantitative estimate of drug-likeness (QED) is 0.798. The Kier molecular flexibility index (Phi) is 3.67. The van der Waals surface area contributed by atoms with Crippen molar-refractivity contribution in [2.75, 3.05) is 0 Å². The molecular weight excluding hydrogens is 292 g/mol. The Hall–Kier alpha value is -3.00. The molecule has 5 heteroatoms. The molecule has 0 N–H and O–H groups in total. The summed E-state index contributed by atoms with van der Waals surface area (Å²) in [6.07, 6.45) is 1.72. The minimum Gasteiger partial charge on any atom is -0.295 e. The van der Waals surface area contributed by atoms with Gasteiger partial charge in [-0.3, -0.25) is 19.0 Å². The average Bonchev–Trinajstić information content (AvgIpc) is 2.55. The molecule has 1 aromatic carbocycles. The predicted molar refractivity (Wildman–Crippen MR) is 84.0 cm³/mol. The normalized spacial score (nSPS) is 13.3. The fourth-order valence-electron chi connectivity index (χ4n) is 2.89. The van der Waals surface area contributed by atoms with Crippen LogP contribution in [0.3, 0.4) is 0 Å². The number of hydrogen-bond acceptors (Lipinski definition) is 4. The van der Waals surface area contributed by atoms with Crippen molar-refractivity contribution in [1.82, 2.24) is 4.57 Å². The van der Waals surface area contributed by atoms with Crippen LogP contribution in [0.25, 0.3) is 5.69 Å². The van der Waals surface area contributed by atoms with Crippen LogP contribution in [0.15, 0.2) is 35.1 Å². The number of rotatable bonds is 2. The zero-order valence-electron chi connectivity index (χ0n) is 12.6. The van der Waals surface area contributed by atoms with Gasteiger partial charge in [0.25, 0.3) is 5.56 Å². The SMILES string of the molecule is CC(=O)c1ccc(-n2c3c(cc(C#N)c2=O)C(=O)CCC3)cc1. The molecule has 0 bridgehead atoms. The van der Waals surface area contributed by atoms with Crippen LogP contribution in [0.1, 0.15) is 51.7 Å². The molecule has 0 spiro atoms. The first-order chi connectivity index (χ1) is 11.0. The number of nitriles is 1. The molecule has 1 aliphatic carbocycles. The van der Waals surface area contributed by atoms with Crippen molar-refractivity contribution in [3.8, 4) is 11.8 Å². The van der Waals surface area contributed by atoms with Gasteiger partial charge in [0.05, 0.1) is 0 Å². The molecule has 0 amide bonds. The second-order valence-corrected chi connectivity index (χ2v) is 5.55. The summed E-state index contributed by atoms with van der Waals surface area (Å²) in [7, 11) is 0. The standard InChI is InChI=1S/C18H14N2O3/c1-11(21)12-5-7-14(8-6-12)20-16-3-2-4-17(22)15(16)9-13(10-19)18(20)23/h5-9H,2-4H2,1H3. The average molecular weight is 306 g/mol. The van der Waals surface area contributed by atoms with E-state index in [-0.39, 0.29) is 17.1 Å². The molecule has 0 fully saturated rings. The summed E-state index contributed by atoms with van der Waals surface area (Å²) in [4.78, 5) is 36.1.